The van der Waals surface area contributed by atoms with E-state index in [1.165, 1.54) is 0 Å². The molecule has 0 spiro atoms. The van der Waals surface area contributed by atoms with Gasteiger partial charge in [0, 0.05) is 6.08 Å². The van der Waals surface area contributed by atoms with Gasteiger partial charge in [0.25, 0.3) is 0 Å². The number of rotatable bonds is 6. The molecule has 104 valence electrons. The van der Waals surface area contributed by atoms with Crippen LogP contribution in [0.5, 0.6) is 5.75 Å². The topological polar surface area (TPSA) is 35.5 Å². The van der Waals surface area contributed by atoms with Crippen molar-refractivity contribution in [3.63, 3.8) is 0 Å². The molecule has 1 aromatic rings. The second-order valence-corrected chi connectivity index (χ2v) is 4.65. The molecule has 0 amide bonds. The SMILES string of the molecule is CCOC(=O)C=C(Cc1cccc(OC)c1)C(C)C. The number of esters is 1. The Morgan fingerprint density at radius 1 is 1.37 bits per heavy atom. The molecule has 3 heteroatoms. The first kappa shape index (κ1) is 15.3. The number of benzene rings is 1. The molecule has 0 N–H and O–H groups in total. The van der Waals surface area contributed by atoms with Crippen molar-refractivity contribution >= 4 is 5.97 Å². The van der Waals surface area contributed by atoms with Crippen LogP contribution in [-0.4, -0.2) is 19.7 Å². The monoisotopic (exact) mass is 262 g/mol. The van der Waals surface area contributed by atoms with E-state index in [2.05, 4.69) is 13.8 Å². The van der Waals surface area contributed by atoms with Crippen LogP contribution in [0.25, 0.3) is 0 Å². The Morgan fingerprint density at radius 2 is 2.11 bits per heavy atom. The third-order valence-electron chi connectivity index (χ3n) is 2.87. The fraction of sp³-hybridized carbons (Fsp3) is 0.438. The van der Waals surface area contributed by atoms with E-state index >= 15 is 0 Å². The van der Waals surface area contributed by atoms with E-state index in [1.807, 2.05) is 31.2 Å². The van der Waals surface area contributed by atoms with Crippen LogP contribution in [0.1, 0.15) is 26.3 Å². The first-order valence-corrected chi connectivity index (χ1v) is 6.57. The Kier molecular flexibility index (Phi) is 6.13. The number of carbonyl (C=O) groups excluding carboxylic acids is 1. The molecule has 0 aliphatic rings. The first-order valence-electron chi connectivity index (χ1n) is 6.57. The van der Waals surface area contributed by atoms with Crippen molar-refractivity contribution in [1.82, 2.24) is 0 Å². The van der Waals surface area contributed by atoms with Crippen LogP contribution in [-0.2, 0) is 16.0 Å². The smallest absolute Gasteiger partial charge is 0.330 e. The molecule has 3 nitrogen and oxygen atoms in total. The van der Waals surface area contributed by atoms with Gasteiger partial charge in [-0.25, -0.2) is 4.79 Å². The molecule has 0 aliphatic heterocycles. The molecule has 0 heterocycles. The molecule has 0 saturated carbocycles. The maximum atomic E-state index is 11.5. The van der Waals surface area contributed by atoms with Crippen LogP contribution in [0.3, 0.4) is 0 Å². The van der Waals surface area contributed by atoms with Gasteiger partial charge in [0.05, 0.1) is 13.7 Å². The van der Waals surface area contributed by atoms with Crippen molar-refractivity contribution in [2.24, 2.45) is 5.92 Å². The van der Waals surface area contributed by atoms with Crippen LogP contribution < -0.4 is 4.74 Å². The fourth-order valence-electron chi connectivity index (χ4n) is 1.78. The predicted molar refractivity (Wildman–Crippen MR) is 76.3 cm³/mol. The lowest BCUT2D eigenvalue weighted by Crippen LogP contribution is -2.06. The average molecular weight is 262 g/mol. The lowest BCUT2D eigenvalue weighted by molar-refractivity contribution is -0.137. The molecule has 0 radical (unpaired) electrons. The zero-order valence-corrected chi connectivity index (χ0v) is 12.1. The van der Waals surface area contributed by atoms with Crippen LogP contribution in [0, 0.1) is 5.92 Å². The number of allylic oxidation sites excluding steroid dienone is 1. The molecule has 0 atom stereocenters. The summed E-state index contributed by atoms with van der Waals surface area (Å²) in [5.74, 6) is 0.862. The number of methoxy groups -OCH3 is 1. The maximum Gasteiger partial charge on any atom is 0.330 e. The van der Waals surface area contributed by atoms with Crippen molar-refractivity contribution in [2.75, 3.05) is 13.7 Å². The van der Waals surface area contributed by atoms with Gasteiger partial charge in [-0.1, -0.05) is 31.6 Å². The summed E-state index contributed by atoms with van der Waals surface area (Å²) in [6, 6.07) is 7.88. The number of hydrogen-bond acceptors (Lipinski definition) is 3. The van der Waals surface area contributed by atoms with E-state index in [9.17, 15) is 4.79 Å². The van der Waals surface area contributed by atoms with E-state index in [4.69, 9.17) is 9.47 Å². The van der Waals surface area contributed by atoms with Gasteiger partial charge in [-0.15, -0.1) is 0 Å². The van der Waals surface area contributed by atoms with Gasteiger partial charge in [-0.3, -0.25) is 0 Å². The molecular formula is C16H22O3. The van der Waals surface area contributed by atoms with Crippen molar-refractivity contribution in [2.45, 2.75) is 27.2 Å². The van der Waals surface area contributed by atoms with Gasteiger partial charge < -0.3 is 9.47 Å². The predicted octanol–water partition coefficient (Wildman–Crippen LogP) is 3.38. The van der Waals surface area contributed by atoms with Gasteiger partial charge in [0.1, 0.15) is 5.75 Å². The molecule has 0 fully saturated rings. The minimum atomic E-state index is -0.269. The van der Waals surface area contributed by atoms with E-state index in [1.54, 1.807) is 13.2 Å². The van der Waals surface area contributed by atoms with Gasteiger partial charge in [0.2, 0.25) is 0 Å². The van der Waals surface area contributed by atoms with Crippen molar-refractivity contribution in [3.8, 4) is 5.75 Å². The Hall–Kier alpha value is -1.77. The highest BCUT2D eigenvalue weighted by Gasteiger charge is 2.08. The normalized spacial score (nSPS) is 11.5. The number of carbonyl (C=O) groups is 1. The summed E-state index contributed by atoms with van der Waals surface area (Å²) in [6.07, 6.45) is 2.33. The second kappa shape index (κ2) is 7.62. The molecular weight excluding hydrogens is 240 g/mol. The second-order valence-electron chi connectivity index (χ2n) is 4.65. The molecule has 1 aromatic carbocycles. The van der Waals surface area contributed by atoms with E-state index in [-0.39, 0.29) is 5.97 Å². The summed E-state index contributed by atoms with van der Waals surface area (Å²) in [5, 5.41) is 0. The average Bonchev–Trinajstić information content (AvgIpc) is 2.38. The minimum Gasteiger partial charge on any atom is -0.497 e. The Morgan fingerprint density at radius 3 is 2.68 bits per heavy atom. The van der Waals surface area contributed by atoms with Crippen LogP contribution in [0.4, 0.5) is 0 Å². The van der Waals surface area contributed by atoms with Gasteiger partial charge in [0.15, 0.2) is 0 Å². The highest BCUT2D eigenvalue weighted by atomic mass is 16.5. The van der Waals surface area contributed by atoms with Crippen LogP contribution in [0.2, 0.25) is 0 Å². The summed E-state index contributed by atoms with van der Waals surface area (Å²) in [4.78, 5) is 11.5. The Bertz CT molecular complexity index is 447. The largest absolute Gasteiger partial charge is 0.497 e. The number of ether oxygens (including phenoxy) is 2. The summed E-state index contributed by atoms with van der Waals surface area (Å²) >= 11 is 0. The quantitative estimate of drug-likeness (QED) is 0.582. The third kappa shape index (κ3) is 5.16. The highest BCUT2D eigenvalue weighted by molar-refractivity contribution is 5.82. The summed E-state index contributed by atoms with van der Waals surface area (Å²) < 4.78 is 10.2. The van der Waals surface area contributed by atoms with Crippen molar-refractivity contribution < 1.29 is 14.3 Å². The summed E-state index contributed by atoms with van der Waals surface area (Å²) in [5.41, 5.74) is 2.19. The molecule has 1 rings (SSSR count). The lowest BCUT2D eigenvalue weighted by Gasteiger charge is -2.12. The lowest BCUT2D eigenvalue weighted by atomic mass is 9.95. The van der Waals surface area contributed by atoms with Crippen molar-refractivity contribution in [3.05, 3.63) is 41.5 Å². The van der Waals surface area contributed by atoms with E-state index < -0.39 is 0 Å². The molecule has 0 aliphatic carbocycles. The molecule has 19 heavy (non-hydrogen) atoms. The highest BCUT2D eigenvalue weighted by Crippen LogP contribution is 2.20. The zero-order valence-electron chi connectivity index (χ0n) is 12.1. The van der Waals surface area contributed by atoms with Gasteiger partial charge in [-0.2, -0.15) is 0 Å². The maximum absolute atomic E-state index is 11.5. The zero-order chi connectivity index (χ0) is 14.3. The van der Waals surface area contributed by atoms with E-state index in [0.717, 1.165) is 23.3 Å². The third-order valence-corrected chi connectivity index (χ3v) is 2.87. The van der Waals surface area contributed by atoms with E-state index in [0.29, 0.717) is 12.5 Å². The first-order chi connectivity index (χ1) is 9.06. The molecule has 0 saturated heterocycles. The summed E-state index contributed by atoms with van der Waals surface area (Å²) in [6.45, 7) is 6.36. The molecule has 0 bridgehead atoms. The minimum absolute atomic E-state index is 0.269. The Labute approximate surface area is 115 Å². The van der Waals surface area contributed by atoms with Gasteiger partial charge in [-0.05, 0) is 37.0 Å². The van der Waals surface area contributed by atoms with Crippen LogP contribution >= 0.6 is 0 Å². The fourth-order valence-corrected chi connectivity index (χ4v) is 1.78. The standard InChI is InChI=1S/C16H22O3/c1-5-19-16(17)11-14(12(2)3)9-13-7-6-8-15(10-13)18-4/h6-8,10-12H,5,9H2,1-4H3. The number of hydrogen-bond donors (Lipinski definition) is 0. The van der Waals surface area contributed by atoms with Crippen LogP contribution in [0.15, 0.2) is 35.9 Å². The molecule has 0 unspecified atom stereocenters. The van der Waals surface area contributed by atoms with Gasteiger partial charge >= 0.3 is 5.97 Å². The summed E-state index contributed by atoms with van der Waals surface area (Å²) in [7, 11) is 1.65. The Balaban J connectivity index is 2.86. The van der Waals surface area contributed by atoms with Crippen molar-refractivity contribution in [1.29, 1.82) is 0 Å². The molecule has 0 aromatic heterocycles.